The molecular weight excluding hydrogens is 190 g/mol. The maximum absolute atomic E-state index is 10.6. The molecule has 3 heteroatoms. The molecule has 78 valence electrons. The number of carbonyl (C=O) groups excluding carboxylic acids is 2. The van der Waals surface area contributed by atoms with Crippen LogP contribution in [-0.4, -0.2) is 11.8 Å². The maximum Gasteiger partial charge on any atom is 0.254 e. The van der Waals surface area contributed by atoms with Gasteiger partial charge in [0.05, 0.1) is 0 Å². The largest absolute Gasteiger partial charge is 0.289 e. The van der Waals surface area contributed by atoms with E-state index < -0.39 is 0 Å². The second kappa shape index (κ2) is 5.75. The van der Waals surface area contributed by atoms with Gasteiger partial charge in [-0.15, -0.1) is 0 Å². The summed E-state index contributed by atoms with van der Waals surface area (Å²) in [6, 6.07) is 12.0. The van der Waals surface area contributed by atoms with Crippen LogP contribution in [0.25, 0.3) is 0 Å². The first-order chi connectivity index (χ1) is 7.24. The molecule has 1 aliphatic heterocycles. The molecule has 0 fully saturated rings. The zero-order valence-electron chi connectivity index (χ0n) is 8.57. The number of carbonyl (C=O) groups is 2. The molecule has 1 heterocycles. The Kier molecular flexibility index (Phi) is 4.29. The van der Waals surface area contributed by atoms with E-state index >= 15 is 0 Å². The molecule has 0 saturated heterocycles. The predicted molar refractivity (Wildman–Crippen MR) is 58.0 cm³/mol. The first-order valence-electron chi connectivity index (χ1n) is 4.80. The third kappa shape index (κ3) is 3.77. The van der Waals surface area contributed by atoms with Crippen molar-refractivity contribution in [1.29, 1.82) is 0 Å². The topological polar surface area (TPSA) is 46.2 Å². The minimum Gasteiger partial charge on any atom is -0.289 e. The van der Waals surface area contributed by atoms with Gasteiger partial charge in [-0.2, -0.15) is 0 Å². The molecule has 0 aliphatic carbocycles. The van der Waals surface area contributed by atoms with Crippen molar-refractivity contribution in [3.8, 4) is 0 Å². The van der Waals surface area contributed by atoms with E-state index in [4.69, 9.17) is 0 Å². The number of amides is 2. The Morgan fingerprint density at radius 3 is 1.67 bits per heavy atom. The quantitative estimate of drug-likeness (QED) is 0.705. The fraction of sp³-hybridized carbons (Fsp3) is 0.167. The number of nitrogens with one attached hydrogen (secondary N) is 1. The van der Waals surface area contributed by atoms with Crippen molar-refractivity contribution in [3.05, 3.63) is 48.0 Å². The Morgan fingerprint density at radius 2 is 1.47 bits per heavy atom. The molecule has 0 aromatic heterocycles. The fourth-order valence-electron chi connectivity index (χ4n) is 1.10. The lowest BCUT2D eigenvalue weighted by molar-refractivity contribution is -0.123. The van der Waals surface area contributed by atoms with Crippen molar-refractivity contribution in [2.24, 2.45) is 0 Å². The SMILES string of the molecule is CCC1=CC(=O)NC1=O.c1ccccc1. The van der Waals surface area contributed by atoms with Gasteiger partial charge < -0.3 is 0 Å². The average molecular weight is 203 g/mol. The van der Waals surface area contributed by atoms with Gasteiger partial charge in [-0.1, -0.05) is 43.3 Å². The van der Waals surface area contributed by atoms with E-state index in [-0.39, 0.29) is 11.8 Å². The summed E-state index contributed by atoms with van der Waals surface area (Å²) < 4.78 is 0. The molecule has 0 saturated carbocycles. The second-order valence-corrected chi connectivity index (χ2v) is 3.00. The Balaban J connectivity index is 0.000000162. The molecule has 0 bridgehead atoms. The van der Waals surface area contributed by atoms with Crippen LogP contribution in [0.4, 0.5) is 0 Å². The first-order valence-corrected chi connectivity index (χ1v) is 4.80. The number of hydrogen-bond donors (Lipinski definition) is 1. The highest BCUT2D eigenvalue weighted by atomic mass is 16.2. The normalized spacial score (nSPS) is 13.8. The first kappa shape index (κ1) is 11.2. The van der Waals surface area contributed by atoms with Crippen LogP contribution in [-0.2, 0) is 9.59 Å². The van der Waals surface area contributed by atoms with E-state index in [9.17, 15) is 9.59 Å². The van der Waals surface area contributed by atoms with E-state index in [0.29, 0.717) is 12.0 Å². The lowest BCUT2D eigenvalue weighted by atomic mass is 10.2. The van der Waals surface area contributed by atoms with Crippen molar-refractivity contribution in [2.45, 2.75) is 13.3 Å². The summed E-state index contributed by atoms with van der Waals surface area (Å²) in [4.78, 5) is 21.0. The van der Waals surface area contributed by atoms with E-state index in [1.54, 1.807) is 0 Å². The van der Waals surface area contributed by atoms with Gasteiger partial charge >= 0.3 is 0 Å². The molecule has 15 heavy (non-hydrogen) atoms. The van der Waals surface area contributed by atoms with Crippen LogP contribution in [0.5, 0.6) is 0 Å². The Labute approximate surface area is 88.8 Å². The Morgan fingerprint density at radius 1 is 1.00 bits per heavy atom. The van der Waals surface area contributed by atoms with Crippen LogP contribution in [0.1, 0.15) is 13.3 Å². The molecule has 3 nitrogen and oxygen atoms in total. The maximum atomic E-state index is 10.6. The molecule has 1 aromatic rings. The molecule has 1 aromatic carbocycles. The van der Waals surface area contributed by atoms with Gasteiger partial charge in [0, 0.05) is 11.6 Å². The van der Waals surface area contributed by atoms with Crippen molar-refractivity contribution >= 4 is 11.8 Å². The number of imide groups is 1. The molecule has 2 rings (SSSR count). The van der Waals surface area contributed by atoms with Gasteiger partial charge in [0.15, 0.2) is 0 Å². The minimum absolute atomic E-state index is 0.248. The summed E-state index contributed by atoms with van der Waals surface area (Å²) in [5.74, 6) is -0.542. The summed E-state index contributed by atoms with van der Waals surface area (Å²) in [5.41, 5.74) is 0.569. The number of rotatable bonds is 1. The van der Waals surface area contributed by atoms with Gasteiger partial charge in [-0.3, -0.25) is 14.9 Å². The van der Waals surface area contributed by atoms with Crippen LogP contribution in [0, 0.1) is 0 Å². The molecular formula is C12H13NO2. The molecule has 0 radical (unpaired) electrons. The molecule has 1 N–H and O–H groups in total. The highest BCUT2D eigenvalue weighted by Gasteiger charge is 2.17. The molecule has 0 atom stereocenters. The van der Waals surface area contributed by atoms with Crippen molar-refractivity contribution < 1.29 is 9.59 Å². The van der Waals surface area contributed by atoms with Gasteiger partial charge in [0.2, 0.25) is 0 Å². The summed E-state index contributed by atoms with van der Waals surface area (Å²) in [7, 11) is 0. The van der Waals surface area contributed by atoms with E-state index in [1.165, 1.54) is 6.08 Å². The van der Waals surface area contributed by atoms with E-state index in [0.717, 1.165) is 0 Å². The van der Waals surface area contributed by atoms with Crippen molar-refractivity contribution in [3.63, 3.8) is 0 Å². The highest BCUT2D eigenvalue weighted by Crippen LogP contribution is 2.04. The van der Waals surface area contributed by atoms with E-state index in [2.05, 4.69) is 5.32 Å². The summed E-state index contributed by atoms with van der Waals surface area (Å²) in [6.45, 7) is 1.84. The monoisotopic (exact) mass is 203 g/mol. The van der Waals surface area contributed by atoms with Crippen molar-refractivity contribution in [1.82, 2.24) is 5.32 Å². The second-order valence-electron chi connectivity index (χ2n) is 3.00. The predicted octanol–water partition coefficient (Wildman–Crippen LogP) is 1.67. The zero-order valence-corrected chi connectivity index (χ0v) is 8.57. The Bertz CT molecular complexity index is 342. The lowest BCUT2D eigenvalue weighted by Crippen LogP contribution is -2.21. The Hall–Kier alpha value is -1.90. The molecule has 0 spiro atoms. The molecule has 0 unspecified atom stereocenters. The standard InChI is InChI=1S/C6H7NO2.C6H6/c1-2-4-3-5(8)7-6(4)9;1-2-4-6-5-3-1/h3H,2H2,1H3,(H,7,8,9);1-6H. The third-order valence-corrected chi connectivity index (χ3v) is 1.88. The van der Waals surface area contributed by atoms with Gasteiger partial charge in [0.25, 0.3) is 11.8 Å². The summed E-state index contributed by atoms with van der Waals surface area (Å²) in [5, 5.41) is 2.15. The number of benzene rings is 1. The van der Waals surface area contributed by atoms with Crippen LogP contribution in [0.15, 0.2) is 48.0 Å². The lowest BCUT2D eigenvalue weighted by Gasteiger charge is -1.89. The zero-order chi connectivity index (χ0) is 11.1. The van der Waals surface area contributed by atoms with Crippen LogP contribution in [0.3, 0.4) is 0 Å². The molecule has 1 aliphatic rings. The number of hydrogen-bond acceptors (Lipinski definition) is 2. The smallest absolute Gasteiger partial charge is 0.254 e. The third-order valence-electron chi connectivity index (χ3n) is 1.88. The van der Waals surface area contributed by atoms with Gasteiger partial charge in [-0.05, 0) is 6.42 Å². The van der Waals surface area contributed by atoms with Crippen LogP contribution >= 0.6 is 0 Å². The fourth-order valence-corrected chi connectivity index (χ4v) is 1.10. The summed E-state index contributed by atoms with van der Waals surface area (Å²) >= 11 is 0. The average Bonchev–Trinajstić information content (AvgIpc) is 2.60. The summed E-state index contributed by atoms with van der Waals surface area (Å²) in [6.07, 6.45) is 1.96. The molecule has 2 amide bonds. The van der Waals surface area contributed by atoms with Crippen molar-refractivity contribution in [2.75, 3.05) is 0 Å². The van der Waals surface area contributed by atoms with Crippen LogP contribution < -0.4 is 5.32 Å². The van der Waals surface area contributed by atoms with Gasteiger partial charge in [0.1, 0.15) is 0 Å². The van der Waals surface area contributed by atoms with Gasteiger partial charge in [-0.25, -0.2) is 0 Å². The van der Waals surface area contributed by atoms with Crippen LogP contribution in [0.2, 0.25) is 0 Å². The minimum atomic E-state index is -0.295. The van der Waals surface area contributed by atoms with E-state index in [1.807, 2.05) is 43.3 Å². The highest BCUT2D eigenvalue weighted by molar-refractivity contribution is 6.16.